The van der Waals surface area contributed by atoms with Crippen LogP contribution in [0.5, 0.6) is 11.5 Å². The van der Waals surface area contributed by atoms with E-state index >= 15 is 0 Å². The van der Waals surface area contributed by atoms with Crippen molar-refractivity contribution >= 4 is 29.5 Å². The second-order valence-electron chi connectivity index (χ2n) is 3.62. The summed E-state index contributed by atoms with van der Waals surface area (Å²) in [4.78, 5) is 0. The van der Waals surface area contributed by atoms with Crippen molar-refractivity contribution in [1.29, 1.82) is 0 Å². The number of terminal acetylenes is 1. The predicted octanol–water partition coefficient (Wildman–Crippen LogP) is 0.914. The average Bonchev–Trinajstić information content (AvgIpc) is 2.64. The summed E-state index contributed by atoms with van der Waals surface area (Å²) >= 11 is -0.357. The number of benzene rings is 1. The molecule has 0 aliphatic carbocycles. The second kappa shape index (κ2) is 5.00. The molecule has 0 N–H and O–H groups in total. The van der Waals surface area contributed by atoms with Gasteiger partial charge in [-0.3, -0.25) is 0 Å². The number of aromatic nitrogens is 1. The third-order valence-electron chi connectivity index (χ3n) is 2.68. The minimum atomic E-state index is -0.357. The van der Waals surface area contributed by atoms with E-state index in [1.54, 1.807) is 14.2 Å². The van der Waals surface area contributed by atoms with Gasteiger partial charge in [0.25, 0.3) is 0 Å². The zero-order valence-corrected chi connectivity index (χ0v) is 12.4. The predicted molar refractivity (Wildman–Crippen MR) is 67.7 cm³/mol. The van der Waals surface area contributed by atoms with Gasteiger partial charge in [0.05, 0.1) is 0 Å². The maximum absolute atomic E-state index is 5.42. The number of nitrogens with zero attached hydrogens (tertiary/aromatic N) is 1. The van der Waals surface area contributed by atoms with E-state index in [2.05, 4.69) is 21.8 Å². The molecular formula is C13H14NO2Te+. The molecule has 1 heterocycles. The van der Waals surface area contributed by atoms with E-state index in [1.807, 2.05) is 6.07 Å². The molecule has 0 amide bonds. The first kappa shape index (κ1) is 12.3. The SMILES string of the molecule is C#CCc1c2cc(OC)c(OC)cc2[te][n+]1C. The van der Waals surface area contributed by atoms with Crippen molar-refractivity contribution in [2.75, 3.05) is 14.2 Å². The van der Waals surface area contributed by atoms with Crippen molar-refractivity contribution < 1.29 is 12.3 Å². The Morgan fingerprint density at radius 3 is 2.53 bits per heavy atom. The van der Waals surface area contributed by atoms with E-state index in [1.165, 1.54) is 14.5 Å². The molecule has 88 valence electrons. The van der Waals surface area contributed by atoms with Crippen LogP contribution in [0.4, 0.5) is 0 Å². The van der Waals surface area contributed by atoms with Gasteiger partial charge in [0.15, 0.2) is 0 Å². The number of fused-ring (bicyclic) bond motifs is 1. The van der Waals surface area contributed by atoms with Gasteiger partial charge in [-0.1, -0.05) is 0 Å². The van der Waals surface area contributed by atoms with Crippen LogP contribution in [-0.2, 0) is 13.5 Å². The molecule has 1 aromatic carbocycles. The summed E-state index contributed by atoms with van der Waals surface area (Å²) in [5.74, 6) is 4.28. The van der Waals surface area contributed by atoms with Crippen molar-refractivity contribution in [2.24, 2.45) is 7.05 Å². The van der Waals surface area contributed by atoms with Crippen LogP contribution in [0.15, 0.2) is 12.1 Å². The van der Waals surface area contributed by atoms with Crippen molar-refractivity contribution in [3.05, 3.63) is 17.8 Å². The van der Waals surface area contributed by atoms with Gasteiger partial charge in [-0.25, -0.2) is 0 Å². The molecule has 1 aromatic heterocycles. The van der Waals surface area contributed by atoms with Crippen LogP contribution in [0.3, 0.4) is 0 Å². The Morgan fingerprint density at radius 1 is 1.29 bits per heavy atom. The molecule has 0 atom stereocenters. The van der Waals surface area contributed by atoms with Crippen LogP contribution in [0.25, 0.3) is 8.79 Å². The normalized spacial score (nSPS) is 10.2. The molecule has 0 radical (unpaired) electrons. The molecule has 0 unspecified atom stereocenters. The molecule has 0 fully saturated rings. The van der Waals surface area contributed by atoms with E-state index < -0.39 is 0 Å². The zero-order valence-electron chi connectivity index (χ0n) is 10.1. The van der Waals surface area contributed by atoms with Gasteiger partial charge in [-0.05, 0) is 0 Å². The van der Waals surface area contributed by atoms with Gasteiger partial charge in [0.2, 0.25) is 0 Å². The van der Waals surface area contributed by atoms with Crippen LogP contribution in [-0.4, -0.2) is 34.9 Å². The van der Waals surface area contributed by atoms with Gasteiger partial charge >= 0.3 is 111 Å². The van der Waals surface area contributed by atoms with Crippen LogP contribution in [0, 0.1) is 12.3 Å². The van der Waals surface area contributed by atoms with Gasteiger partial charge in [0.1, 0.15) is 0 Å². The standard InChI is InChI=1S/C13H14NO2Te/c1-5-6-10-9-7-11(15-3)12(16-4)8-13(9)17-14(10)2/h1,7-8H,6H2,2-4H3/q+1. The Morgan fingerprint density at radius 2 is 1.94 bits per heavy atom. The zero-order chi connectivity index (χ0) is 12.4. The van der Waals surface area contributed by atoms with Crippen LogP contribution >= 0.6 is 0 Å². The summed E-state index contributed by atoms with van der Waals surface area (Å²) in [6.07, 6.45) is 6.09. The van der Waals surface area contributed by atoms with Gasteiger partial charge < -0.3 is 0 Å². The summed E-state index contributed by atoms with van der Waals surface area (Å²) in [7, 11) is 5.42. The molecule has 0 spiro atoms. The Bertz CT molecular complexity index is 595. The van der Waals surface area contributed by atoms with E-state index in [9.17, 15) is 0 Å². The number of ether oxygens (including phenoxy) is 2. The van der Waals surface area contributed by atoms with Gasteiger partial charge in [-0.15, -0.1) is 0 Å². The first-order chi connectivity index (χ1) is 8.21. The van der Waals surface area contributed by atoms with Crippen LogP contribution in [0.2, 0.25) is 0 Å². The quantitative estimate of drug-likeness (QED) is 0.611. The molecule has 3 nitrogen and oxygen atoms in total. The topological polar surface area (TPSA) is 22.3 Å². The minimum absolute atomic E-state index is 0.357. The Kier molecular flexibility index (Phi) is 3.62. The van der Waals surface area contributed by atoms with Crippen molar-refractivity contribution in [3.8, 4) is 23.8 Å². The third kappa shape index (κ3) is 2.14. The number of methoxy groups -OCH3 is 2. The van der Waals surface area contributed by atoms with Crippen molar-refractivity contribution in [2.45, 2.75) is 6.42 Å². The summed E-state index contributed by atoms with van der Waals surface area (Å²) in [5.41, 5.74) is 1.23. The number of hydrogen-bond donors (Lipinski definition) is 0. The van der Waals surface area contributed by atoms with Crippen molar-refractivity contribution in [1.82, 2.24) is 0 Å². The first-order valence-corrected chi connectivity index (χ1v) is 7.39. The number of hydrogen-bond acceptors (Lipinski definition) is 2. The van der Waals surface area contributed by atoms with Gasteiger partial charge in [-0.2, -0.15) is 0 Å². The summed E-state index contributed by atoms with van der Waals surface area (Å²) in [6, 6.07) is 4.12. The molecule has 2 rings (SSSR count). The molecule has 0 saturated heterocycles. The van der Waals surface area contributed by atoms with E-state index in [-0.39, 0.29) is 20.7 Å². The Labute approximate surface area is 111 Å². The molecule has 0 aliphatic rings. The van der Waals surface area contributed by atoms with Gasteiger partial charge in [0, 0.05) is 0 Å². The van der Waals surface area contributed by atoms with E-state index in [0.717, 1.165) is 11.5 Å². The fourth-order valence-corrected chi connectivity index (χ4v) is 4.70. The second-order valence-corrected chi connectivity index (χ2v) is 6.96. The molecule has 0 bridgehead atoms. The summed E-state index contributed by atoms with van der Waals surface area (Å²) in [6.45, 7) is 0. The molecule has 4 heteroatoms. The average molecular weight is 344 g/mol. The Hall–Kier alpha value is -1.16. The number of aryl methyl sites for hydroxylation is 1. The van der Waals surface area contributed by atoms with E-state index in [0.29, 0.717) is 6.42 Å². The molecular weight excluding hydrogens is 330 g/mol. The van der Waals surface area contributed by atoms with Crippen LogP contribution < -0.4 is 12.3 Å². The first-order valence-electron chi connectivity index (χ1n) is 5.18. The summed E-state index contributed by atoms with van der Waals surface area (Å²) in [5, 5.41) is 1.23. The molecule has 0 aliphatic heterocycles. The van der Waals surface area contributed by atoms with E-state index in [4.69, 9.17) is 15.9 Å². The Balaban J connectivity index is 2.71. The van der Waals surface area contributed by atoms with Crippen LogP contribution in [0.1, 0.15) is 5.69 Å². The molecule has 17 heavy (non-hydrogen) atoms. The maximum atomic E-state index is 5.42. The van der Waals surface area contributed by atoms with Crippen molar-refractivity contribution in [3.63, 3.8) is 0 Å². The third-order valence-corrected chi connectivity index (χ3v) is 5.62. The molecule has 0 saturated carbocycles. The number of rotatable bonds is 3. The monoisotopic (exact) mass is 346 g/mol. The fourth-order valence-electron chi connectivity index (χ4n) is 1.84. The summed E-state index contributed by atoms with van der Waals surface area (Å²) < 4.78 is 14.3. The fraction of sp³-hybridized carbons (Fsp3) is 0.308. The molecule has 2 aromatic rings.